The van der Waals surface area contributed by atoms with E-state index in [1.54, 1.807) is 32.4 Å². The van der Waals surface area contributed by atoms with Gasteiger partial charge in [0, 0.05) is 17.5 Å². The zero-order valence-corrected chi connectivity index (χ0v) is 18.6. The number of benzene rings is 1. The lowest BCUT2D eigenvalue weighted by Gasteiger charge is -2.31. The predicted molar refractivity (Wildman–Crippen MR) is 118 cm³/mol. The molecule has 1 aliphatic rings. The molecule has 1 atom stereocenters. The Hall–Kier alpha value is -2.65. The number of ether oxygens (including phenoxy) is 2. The summed E-state index contributed by atoms with van der Waals surface area (Å²) in [4.78, 5) is 32.7. The second-order valence-electron chi connectivity index (χ2n) is 7.34. The molecule has 1 aromatic carbocycles. The standard InChI is InChI=1S/C21H28N4O4S/c1-13-14(2)30-21(22-13)24-19(26)12-25-9-5-6-15(11-25)20(27)23-17-10-16(28-3)7-8-18(17)29-4/h7-8,10,15H,5-6,9,11-12H2,1-4H3,(H,23,27)(H,22,24,26). The summed E-state index contributed by atoms with van der Waals surface area (Å²) in [6.07, 6.45) is 1.64. The average molecular weight is 433 g/mol. The highest BCUT2D eigenvalue weighted by molar-refractivity contribution is 7.15. The molecule has 0 spiro atoms. The highest BCUT2D eigenvalue weighted by atomic mass is 32.1. The van der Waals surface area contributed by atoms with Crippen LogP contribution >= 0.6 is 11.3 Å². The van der Waals surface area contributed by atoms with Crippen molar-refractivity contribution >= 4 is 34.0 Å². The molecular formula is C21H28N4O4S. The smallest absolute Gasteiger partial charge is 0.240 e. The summed E-state index contributed by atoms with van der Waals surface area (Å²) in [5.74, 6) is 0.815. The maximum absolute atomic E-state index is 12.9. The first kappa shape index (κ1) is 22.0. The lowest BCUT2D eigenvalue weighted by atomic mass is 9.97. The van der Waals surface area contributed by atoms with Gasteiger partial charge in [-0.25, -0.2) is 4.98 Å². The number of hydrogen-bond donors (Lipinski definition) is 2. The molecule has 0 aliphatic carbocycles. The van der Waals surface area contributed by atoms with Gasteiger partial charge >= 0.3 is 0 Å². The van der Waals surface area contributed by atoms with E-state index in [1.807, 2.05) is 18.7 Å². The molecule has 1 saturated heterocycles. The number of nitrogens with zero attached hydrogens (tertiary/aromatic N) is 2. The number of hydrogen-bond acceptors (Lipinski definition) is 7. The number of thiazole rings is 1. The quantitative estimate of drug-likeness (QED) is 0.699. The molecule has 2 aromatic rings. The van der Waals surface area contributed by atoms with Crippen LogP contribution in [0.25, 0.3) is 0 Å². The largest absolute Gasteiger partial charge is 0.497 e. The van der Waals surface area contributed by atoms with E-state index in [0.29, 0.717) is 28.9 Å². The fraction of sp³-hybridized carbons (Fsp3) is 0.476. The minimum atomic E-state index is -0.202. The van der Waals surface area contributed by atoms with Crippen molar-refractivity contribution in [1.29, 1.82) is 0 Å². The Labute approximate surface area is 180 Å². The van der Waals surface area contributed by atoms with Gasteiger partial charge in [0.2, 0.25) is 11.8 Å². The van der Waals surface area contributed by atoms with E-state index in [9.17, 15) is 9.59 Å². The van der Waals surface area contributed by atoms with E-state index in [-0.39, 0.29) is 24.3 Å². The Kier molecular flexibility index (Phi) is 7.28. The highest BCUT2D eigenvalue weighted by Crippen LogP contribution is 2.30. The predicted octanol–water partition coefficient (Wildman–Crippen LogP) is 3.07. The number of rotatable bonds is 7. The van der Waals surface area contributed by atoms with Crippen molar-refractivity contribution < 1.29 is 19.1 Å². The third kappa shape index (κ3) is 5.48. The van der Waals surface area contributed by atoms with E-state index in [1.165, 1.54) is 11.3 Å². The van der Waals surface area contributed by atoms with Gasteiger partial charge in [-0.05, 0) is 45.4 Å². The molecule has 0 saturated carbocycles. The van der Waals surface area contributed by atoms with E-state index >= 15 is 0 Å². The summed E-state index contributed by atoms with van der Waals surface area (Å²) in [7, 11) is 3.13. The molecule has 0 bridgehead atoms. The average Bonchev–Trinajstić information content (AvgIpc) is 3.04. The maximum Gasteiger partial charge on any atom is 0.240 e. The van der Waals surface area contributed by atoms with Gasteiger partial charge in [-0.2, -0.15) is 0 Å². The van der Waals surface area contributed by atoms with Crippen molar-refractivity contribution in [2.75, 3.05) is 44.5 Å². The second-order valence-corrected chi connectivity index (χ2v) is 8.54. The minimum absolute atomic E-state index is 0.0853. The van der Waals surface area contributed by atoms with Crippen LogP contribution in [0.4, 0.5) is 10.8 Å². The minimum Gasteiger partial charge on any atom is -0.497 e. The van der Waals surface area contributed by atoms with Gasteiger partial charge < -0.3 is 20.1 Å². The number of aryl methyl sites for hydroxylation is 2. The van der Waals surface area contributed by atoms with E-state index in [4.69, 9.17) is 9.47 Å². The van der Waals surface area contributed by atoms with Crippen molar-refractivity contribution in [2.45, 2.75) is 26.7 Å². The summed E-state index contributed by atoms with van der Waals surface area (Å²) in [5.41, 5.74) is 1.50. The number of nitrogens with one attached hydrogen (secondary N) is 2. The second kappa shape index (κ2) is 9.90. The van der Waals surface area contributed by atoms with Gasteiger partial charge in [0.15, 0.2) is 5.13 Å². The molecule has 1 aliphatic heterocycles. The third-order valence-electron chi connectivity index (χ3n) is 5.18. The summed E-state index contributed by atoms with van der Waals surface area (Å²) in [5, 5.41) is 6.42. The van der Waals surface area contributed by atoms with Gasteiger partial charge in [0.25, 0.3) is 0 Å². The van der Waals surface area contributed by atoms with E-state index in [0.717, 1.165) is 30.0 Å². The zero-order valence-electron chi connectivity index (χ0n) is 17.8. The maximum atomic E-state index is 12.9. The molecule has 3 rings (SSSR count). The van der Waals surface area contributed by atoms with Crippen molar-refractivity contribution in [3.8, 4) is 11.5 Å². The van der Waals surface area contributed by atoms with Gasteiger partial charge in [-0.1, -0.05) is 0 Å². The molecule has 1 fully saturated rings. The van der Waals surface area contributed by atoms with Gasteiger partial charge in [-0.15, -0.1) is 11.3 Å². The monoisotopic (exact) mass is 432 g/mol. The Morgan fingerprint density at radius 2 is 2.03 bits per heavy atom. The lowest BCUT2D eigenvalue weighted by Crippen LogP contribution is -2.44. The fourth-order valence-corrected chi connectivity index (χ4v) is 4.28. The SMILES string of the molecule is COc1ccc(OC)c(NC(=O)C2CCCN(CC(=O)Nc3nc(C)c(C)s3)C2)c1. The van der Waals surface area contributed by atoms with Crippen LogP contribution in [0, 0.1) is 19.8 Å². The number of carbonyl (C=O) groups excluding carboxylic acids is 2. The Morgan fingerprint density at radius 3 is 2.70 bits per heavy atom. The van der Waals surface area contributed by atoms with Crippen molar-refractivity contribution in [3.63, 3.8) is 0 Å². The number of carbonyl (C=O) groups is 2. The van der Waals surface area contributed by atoms with Gasteiger partial charge in [0.05, 0.1) is 38.1 Å². The molecule has 9 heteroatoms. The zero-order chi connectivity index (χ0) is 21.7. The third-order valence-corrected chi connectivity index (χ3v) is 6.17. The van der Waals surface area contributed by atoms with Crippen LogP contribution in [0.5, 0.6) is 11.5 Å². The fourth-order valence-electron chi connectivity index (χ4n) is 3.45. The Bertz CT molecular complexity index is 895. The van der Waals surface area contributed by atoms with Crippen molar-refractivity contribution in [1.82, 2.24) is 9.88 Å². The van der Waals surface area contributed by atoms with Crippen LogP contribution in [0.2, 0.25) is 0 Å². The molecule has 2 N–H and O–H groups in total. The molecule has 2 amide bonds. The number of methoxy groups -OCH3 is 2. The number of piperidine rings is 1. The highest BCUT2D eigenvalue weighted by Gasteiger charge is 2.27. The molecule has 2 heterocycles. The molecule has 30 heavy (non-hydrogen) atoms. The number of aromatic nitrogens is 1. The molecule has 162 valence electrons. The summed E-state index contributed by atoms with van der Waals surface area (Å²) in [6.45, 7) is 5.46. The summed E-state index contributed by atoms with van der Waals surface area (Å²) >= 11 is 1.47. The van der Waals surface area contributed by atoms with Gasteiger partial charge in [-0.3, -0.25) is 14.5 Å². The molecule has 1 unspecified atom stereocenters. The van der Waals surface area contributed by atoms with Crippen LogP contribution in [-0.2, 0) is 9.59 Å². The summed E-state index contributed by atoms with van der Waals surface area (Å²) < 4.78 is 10.6. The molecule has 1 aromatic heterocycles. The van der Waals surface area contributed by atoms with Crippen molar-refractivity contribution in [3.05, 3.63) is 28.8 Å². The van der Waals surface area contributed by atoms with E-state index < -0.39 is 0 Å². The first-order valence-corrected chi connectivity index (χ1v) is 10.7. The molecule has 8 nitrogen and oxygen atoms in total. The molecule has 0 radical (unpaired) electrons. The Morgan fingerprint density at radius 1 is 1.23 bits per heavy atom. The molecular weight excluding hydrogens is 404 g/mol. The number of anilines is 2. The normalized spacial score (nSPS) is 16.7. The van der Waals surface area contributed by atoms with Crippen LogP contribution in [0.1, 0.15) is 23.4 Å². The number of amides is 2. The van der Waals surface area contributed by atoms with Gasteiger partial charge in [0.1, 0.15) is 11.5 Å². The topological polar surface area (TPSA) is 92.8 Å². The first-order chi connectivity index (χ1) is 14.4. The Balaban J connectivity index is 1.57. The van der Waals surface area contributed by atoms with Crippen LogP contribution < -0.4 is 20.1 Å². The number of likely N-dealkylation sites (tertiary alicyclic amines) is 1. The van der Waals surface area contributed by atoms with E-state index in [2.05, 4.69) is 15.6 Å². The first-order valence-electron chi connectivity index (χ1n) is 9.88. The van der Waals surface area contributed by atoms with Crippen LogP contribution in [-0.4, -0.2) is 55.6 Å². The lowest BCUT2D eigenvalue weighted by molar-refractivity contribution is -0.123. The van der Waals surface area contributed by atoms with Crippen molar-refractivity contribution in [2.24, 2.45) is 5.92 Å². The van der Waals surface area contributed by atoms with Crippen LogP contribution in [0.15, 0.2) is 18.2 Å². The summed E-state index contributed by atoms with van der Waals surface area (Å²) in [6, 6.07) is 5.28. The van der Waals surface area contributed by atoms with Crippen LogP contribution in [0.3, 0.4) is 0 Å².